The molecule has 0 aromatic carbocycles. The molecule has 8 heteroatoms. The van der Waals surface area contributed by atoms with Gasteiger partial charge < -0.3 is 29.5 Å². The van der Waals surface area contributed by atoms with E-state index in [0.29, 0.717) is 24.1 Å². The third-order valence-electron chi connectivity index (χ3n) is 5.95. The molecule has 0 aromatic rings. The van der Waals surface area contributed by atoms with Crippen molar-refractivity contribution in [2.75, 3.05) is 19.7 Å². The van der Waals surface area contributed by atoms with Crippen LogP contribution in [0.1, 0.15) is 41.0 Å². The molecule has 2 aliphatic heterocycles. The van der Waals surface area contributed by atoms with Crippen LogP contribution in [0.3, 0.4) is 0 Å². The van der Waals surface area contributed by atoms with E-state index in [9.17, 15) is 25.0 Å². The van der Waals surface area contributed by atoms with Crippen LogP contribution in [0.4, 0.5) is 0 Å². The molecule has 5 atom stereocenters. The highest BCUT2D eigenvalue weighted by Crippen LogP contribution is 2.36. The van der Waals surface area contributed by atoms with Gasteiger partial charge in [-0.1, -0.05) is 19.9 Å². The molecule has 0 radical (unpaired) electrons. The average molecular weight is 397 g/mol. The molecule has 2 aliphatic rings. The van der Waals surface area contributed by atoms with E-state index in [1.54, 1.807) is 39.8 Å². The molecule has 2 heterocycles. The van der Waals surface area contributed by atoms with Crippen LogP contribution in [0, 0.1) is 11.1 Å². The lowest BCUT2D eigenvalue weighted by Gasteiger charge is -2.40. The van der Waals surface area contributed by atoms with Crippen LogP contribution in [0.25, 0.3) is 0 Å². The summed E-state index contributed by atoms with van der Waals surface area (Å²) in [4.78, 5) is 24.7. The van der Waals surface area contributed by atoms with Crippen molar-refractivity contribution in [1.82, 2.24) is 0 Å². The minimum atomic E-state index is -2.04. The topological polar surface area (TPSA) is 116 Å². The molecular formula is C20H31NO7. The van der Waals surface area contributed by atoms with Gasteiger partial charge in [0.1, 0.15) is 24.9 Å². The van der Waals surface area contributed by atoms with E-state index >= 15 is 0 Å². The quantitative estimate of drug-likeness (QED) is 0.218. The van der Waals surface area contributed by atoms with Gasteiger partial charge in [-0.2, -0.15) is 0 Å². The number of fused-ring (bicyclic) bond motifs is 1. The number of ether oxygens (including phenoxy) is 2. The van der Waals surface area contributed by atoms with Crippen molar-refractivity contribution in [2.24, 2.45) is 5.92 Å². The number of hydrogen-bond acceptors (Lipinski definition) is 7. The predicted molar refractivity (Wildman–Crippen MR) is 102 cm³/mol. The molecule has 1 saturated heterocycles. The first-order chi connectivity index (χ1) is 13.0. The number of nitrogens with zero attached hydrogens (tertiary/aromatic N) is 1. The highest BCUT2D eigenvalue weighted by Gasteiger charge is 2.50. The Hall–Kier alpha value is -1.74. The smallest absolute Gasteiger partial charge is 0.342 e. The van der Waals surface area contributed by atoms with Gasteiger partial charge in [-0.3, -0.25) is 0 Å². The zero-order valence-electron chi connectivity index (χ0n) is 17.2. The molecule has 0 spiro atoms. The fourth-order valence-electron chi connectivity index (χ4n) is 3.85. The maximum Gasteiger partial charge on any atom is 0.342 e. The fourth-order valence-corrected chi connectivity index (χ4v) is 3.85. The van der Waals surface area contributed by atoms with E-state index in [0.717, 1.165) is 0 Å². The Morgan fingerprint density at radius 2 is 2.07 bits per heavy atom. The van der Waals surface area contributed by atoms with Crippen LogP contribution in [0.2, 0.25) is 0 Å². The van der Waals surface area contributed by atoms with Crippen molar-refractivity contribution in [1.29, 1.82) is 0 Å². The van der Waals surface area contributed by atoms with Gasteiger partial charge in [-0.15, -0.1) is 0 Å². The number of rotatable bonds is 7. The Bertz CT molecular complexity index is 686. The van der Waals surface area contributed by atoms with Gasteiger partial charge in [0.2, 0.25) is 5.60 Å². The largest absolute Gasteiger partial charge is 0.632 e. The fraction of sp³-hybridized carbons (Fsp3) is 0.700. The van der Waals surface area contributed by atoms with Crippen LogP contribution >= 0.6 is 0 Å². The van der Waals surface area contributed by atoms with E-state index in [2.05, 4.69) is 0 Å². The number of aliphatic hydroxyl groups is 2. The number of carbonyl (C=O) groups excluding carboxylic acids is 2. The van der Waals surface area contributed by atoms with Gasteiger partial charge in [-0.25, -0.2) is 9.59 Å². The maximum absolute atomic E-state index is 12.7. The number of aliphatic hydroxyl groups excluding tert-OH is 1. The van der Waals surface area contributed by atoms with Crippen LogP contribution in [0.15, 0.2) is 23.3 Å². The number of allylic oxidation sites excluding steroid dienone is 1. The van der Waals surface area contributed by atoms with Crippen molar-refractivity contribution in [3.05, 3.63) is 28.5 Å². The van der Waals surface area contributed by atoms with Crippen molar-refractivity contribution in [3.63, 3.8) is 0 Å². The van der Waals surface area contributed by atoms with Gasteiger partial charge >= 0.3 is 11.9 Å². The third-order valence-corrected chi connectivity index (χ3v) is 5.95. The van der Waals surface area contributed by atoms with Crippen LogP contribution in [-0.2, 0) is 19.1 Å². The first-order valence-corrected chi connectivity index (χ1v) is 9.65. The zero-order chi connectivity index (χ0) is 21.3. The second kappa shape index (κ2) is 8.32. The molecule has 1 fully saturated rings. The predicted octanol–water partition coefficient (Wildman–Crippen LogP) is 1.20. The van der Waals surface area contributed by atoms with E-state index < -0.39 is 46.4 Å². The first-order valence-electron chi connectivity index (χ1n) is 9.65. The summed E-state index contributed by atoms with van der Waals surface area (Å²) in [5.41, 5.74) is -1.11. The van der Waals surface area contributed by atoms with E-state index in [-0.39, 0.29) is 13.2 Å². The molecular weight excluding hydrogens is 366 g/mol. The minimum absolute atomic E-state index is 0.188. The summed E-state index contributed by atoms with van der Waals surface area (Å²) in [6.45, 7) is 8.34. The van der Waals surface area contributed by atoms with Crippen molar-refractivity contribution < 1.29 is 33.9 Å². The summed E-state index contributed by atoms with van der Waals surface area (Å²) < 4.78 is 10.1. The number of hydroxylamine groups is 3. The summed E-state index contributed by atoms with van der Waals surface area (Å²) in [6, 6.07) is -0.632. The van der Waals surface area contributed by atoms with Crippen LogP contribution in [0.5, 0.6) is 0 Å². The van der Waals surface area contributed by atoms with Crippen LogP contribution < -0.4 is 0 Å². The summed E-state index contributed by atoms with van der Waals surface area (Å²) in [5, 5.41) is 33.7. The Kier molecular flexibility index (Phi) is 6.70. The molecule has 2 rings (SSSR count). The summed E-state index contributed by atoms with van der Waals surface area (Å²) in [5.74, 6) is -2.13. The van der Waals surface area contributed by atoms with Gasteiger partial charge in [0.15, 0.2) is 0 Å². The second-order valence-electron chi connectivity index (χ2n) is 8.01. The lowest BCUT2D eigenvalue weighted by atomic mass is 9.85. The van der Waals surface area contributed by atoms with E-state index in [4.69, 9.17) is 9.47 Å². The molecule has 0 aromatic heterocycles. The summed E-state index contributed by atoms with van der Waals surface area (Å²) in [7, 11) is 0. The number of carbonyl (C=O) groups is 2. The molecule has 0 amide bonds. The van der Waals surface area contributed by atoms with Crippen LogP contribution in [-0.4, -0.2) is 70.3 Å². The Labute approximate surface area is 165 Å². The number of hydrogen-bond donors (Lipinski definition) is 2. The van der Waals surface area contributed by atoms with E-state index in [1.165, 1.54) is 6.92 Å². The molecule has 0 bridgehead atoms. The van der Waals surface area contributed by atoms with Gasteiger partial charge in [0.05, 0.1) is 13.1 Å². The lowest BCUT2D eigenvalue weighted by molar-refractivity contribution is -0.877. The minimum Gasteiger partial charge on any atom is -0.632 e. The standard InChI is InChI=1S/C20H31NO7/c1-6-13(4)18(23)28-14(5)20(25,12(2)3)19(24)27-11-15-7-9-21(26)10-8-16(22)17(15)21/h6-7,12,14,16-17,22,25H,8-11H2,1-5H3/b13-6+/t14-,16-,17-,20+,21?/m1/s1. The van der Waals surface area contributed by atoms with Crippen molar-refractivity contribution >= 4 is 11.9 Å². The monoisotopic (exact) mass is 397 g/mol. The Morgan fingerprint density at radius 1 is 1.43 bits per heavy atom. The molecule has 28 heavy (non-hydrogen) atoms. The summed E-state index contributed by atoms with van der Waals surface area (Å²) >= 11 is 0. The maximum atomic E-state index is 12.7. The Morgan fingerprint density at radius 3 is 2.64 bits per heavy atom. The summed E-state index contributed by atoms with van der Waals surface area (Å²) in [6.07, 6.45) is 1.78. The average Bonchev–Trinajstić information content (AvgIpc) is 3.13. The molecule has 0 aliphatic carbocycles. The molecule has 1 unspecified atom stereocenters. The lowest BCUT2D eigenvalue weighted by Crippen LogP contribution is -2.55. The number of quaternary nitrogens is 1. The Balaban J connectivity index is 2.07. The van der Waals surface area contributed by atoms with Crippen molar-refractivity contribution in [2.45, 2.75) is 64.9 Å². The highest BCUT2D eigenvalue weighted by atomic mass is 16.6. The zero-order valence-corrected chi connectivity index (χ0v) is 17.2. The first kappa shape index (κ1) is 22.5. The molecule has 0 saturated carbocycles. The second-order valence-corrected chi connectivity index (χ2v) is 8.01. The third kappa shape index (κ3) is 4.00. The normalized spacial score (nSPS) is 30.5. The molecule has 158 valence electrons. The van der Waals surface area contributed by atoms with Gasteiger partial charge in [0, 0.05) is 17.6 Å². The highest BCUT2D eigenvalue weighted by molar-refractivity contribution is 5.88. The number of esters is 2. The van der Waals surface area contributed by atoms with Gasteiger partial charge in [-0.05, 0) is 32.8 Å². The van der Waals surface area contributed by atoms with Crippen molar-refractivity contribution in [3.8, 4) is 0 Å². The van der Waals surface area contributed by atoms with E-state index in [1.807, 2.05) is 0 Å². The molecule has 8 nitrogen and oxygen atoms in total. The molecule has 2 N–H and O–H groups in total. The van der Waals surface area contributed by atoms with Gasteiger partial charge in [0.25, 0.3) is 0 Å². The SMILES string of the molecule is C/C=C(\C)C(=O)O[C@H](C)[C@](O)(C(=O)OCC1=CC[N+]2([O-])CC[C@@H](O)[C@@H]12)C(C)C.